The zero-order chi connectivity index (χ0) is 29.3. The van der Waals surface area contributed by atoms with Crippen molar-refractivity contribution in [1.82, 2.24) is 14.6 Å². The maximum Gasteiger partial charge on any atom is 0.459 e. The molecule has 2 aliphatic heterocycles. The third-order valence-corrected chi connectivity index (χ3v) is 8.97. The molecular formula is C27H35N4O9P. The molecule has 1 saturated carbocycles. The number of nitrogens with two attached hydrogens (primary N) is 1. The van der Waals surface area contributed by atoms with Gasteiger partial charge < -0.3 is 29.2 Å². The van der Waals surface area contributed by atoms with E-state index >= 15 is 0 Å². The van der Waals surface area contributed by atoms with Gasteiger partial charge in [0.2, 0.25) is 0 Å². The maximum absolute atomic E-state index is 14.1. The summed E-state index contributed by atoms with van der Waals surface area (Å²) >= 11 is 0. The normalized spacial score (nSPS) is 28.6. The van der Waals surface area contributed by atoms with E-state index in [0.717, 1.165) is 12.8 Å². The highest BCUT2D eigenvalue weighted by Gasteiger charge is 2.65. The van der Waals surface area contributed by atoms with E-state index < -0.39 is 55.3 Å². The van der Waals surface area contributed by atoms with Crippen LogP contribution >= 0.6 is 7.75 Å². The SMILES string of the molecule is C=C[C@]1(COP(=O)(N[C@@H](C)C(=O)OCC)Oc2ccccc2)O[C@@H](n2ccc(N)nc2=O)[C@@H]2OC3(CCCC3)O[C@@H]21. The second kappa shape index (κ2) is 11.7. The fourth-order valence-electron chi connectivity index (χ4n) is 5.36. The molecule has 41 heavy (non-hydrogen) atoms. The Bertz CT molecular complexity index is 1370. The summed E-state index contributed by atoms with van der Waals surface area (Å²) in [4.78, 5) is 29.0. The van der Waals surface area contributed by atoms with Gasteiger partial charge in [0.15, 0.2) is 12.0 Å². The van der Waals surface area contributed by atoms with Gasteiger partial charge >= 0.3 is 19.4 Å². The van der Waals surface area contributed by atoms with E-state index in [2.05, 4.69) is 16.7 Å². The fourth-order valence-corrected chi connectivity index (χ4v) is 6.89. The van der Waals surface area contributed by atoms with E-state index in [4.69, 9.17) is 33.7 Å². The maximum atomic E-state index is 14.1. The van der Waals surface area contributed by atoms with Gasteiger partial charge in [-0.15, -0.1) is 6.58 Å². The molecule has 3 N–H and O–H groups in total. The topological polar surface area (TPSA) is 162 Å². The van der Waals surface area contributed by atoms with Crippen molar-refractivity contribution in [2.45, 2.75) is 75.4 Å². The van der Waals surface area contributed by atoms with Crippen LogP contribution in [0.1, 0.15) is 45.8 Å². The number of rotatable bonds is 11. The third kappa shape index (κ3) is 5.97. The summed E-state index contributed by atoms with van der Waals surface area (Å²) in [6.07, 6.45) is 3.65. The Hall–Kier alpha value is -3.06. The molecule has 0 bridgehead atoms. The summed E-state index contributed by atoms with van der Waals surface area (Å²) in [5, 5.41) is 2.65. The molecule has 1 aromatic carbocycles. The lowest BCUT2D eigenvalue weighted by molar-refractivity contribution is -0.229. The van der Waals surface area contributed by atoms with E-state index in [1.807, 2.05) is 0 Å². The van der Waals surface area contributed by atoms with Gasteiger partial charge in [0.05, 0.1) is 13.2 Å². The van der Waals surface area contributed by atoms with Crippen LogP contribution in [0.3, 0.4) is 0 Å². The summed E-state index contributed by atoms with van der Waals surface area (Å²) in [6.45, 7) is 6.89. The van der Waals surface area contributed by atoms with Crippen LogP contribution in [-0.4, -0.2) is 58.4 Å². The second-order valence-electron chi connectivity index (χ2n) is 10.2. The molecule has 3 heterocycles. The van der Waals surface area contributed by atoms with Crippen molar-refractivity contribution in [3.8, 4) is 5.75 Å². The van der Waals surface area contributed by atoms with Gasteiger partial charge in [0.25, 0.3) is 0 Å². The first-order chi connectivity index (χ1) is 19.6. The van der Waals surface area contributed by atoms with Crippen molar-refractivity contribution in [2.75, 3.05) is 18.9 Å². The van der Waals surface area contributed by atoms with E-state index in [9.17, 15) is 14.2 Å². The summed E-state index contributed by atoms with van der Waals surface area (Å²) in [6, 6.07) is 8.85. The predicted molar refractivity (Wildman–Crippen MR) is 147 cm³/mol. The molecule has 14 heteroatoms. The van der Waals surface area contributed by atoms with E-state index in [-0.39, 0.29) is 24.8 Å². The molecule has 0 radical (unpaired) electrons. The molecule has 1 aromatic heterocycles. The fraction of sp³-hybridized carbons (Fsp3) is 0.519. The number of esters is 1. The minimum atomic E-state index is -4.23. The number of carbonyl (C=O) groups excluding carboxylic acids is 1. The van der Waals surface area contributed by atoms with Crippen molar-refractivity contribution in [3.63, 3.8) is 0 Å². The number of anilines is 1. The molecule has 1 spiro atoms. The van der Waals surface area contributed by atoms with E-state index in [1.165, 1.54) is 29.8 Å². The first kappa shape index (κ1) is 29.4. The Morgan fingerprint density at radius 2 is 2.00 bits per heavy atom. The molecule has 3 aliphatic rings. The van der Waals surface area contributed by atoms with Gasteiger partial charge in [0, 0.05) is 19.0 Å². The predicted octanol–water partition coefficient (Wildman–Crippen LogP) is 3.08. The molecule has 2 saturated heterocycles. The van der Waals surface area contributed by atoms with E-state index in [1.54, 1.807) is 37.3 Å². The van der Waals surface area contributed by atoms with Crippen LogP contribution < -0.4 is 21.0 Å². The van der Waals surface area contributed by atoms with Gasteiger partial charge in [-0.3, -0.25) is 13.9 Å². The van der Waals surface area contributed by atoms with Crippen LogP contribution in [0.15, 0.2) is 60.0 Å². The standard InChI is InChI=1S/C27H35N4O9P/c1-4-26(17-36-41(34,30-18(3)24(32)35-5-2)40-19-11-7-6-8-12-19)22-21(37-27(38-22)14-9-10-15-27)23(39-26)31-16-13-20(28)29-25(31)33/h4,6-8,11-13,16,18,21-23H,1,5,9-10,14-15,17H2,2-3H3,(H,30,34)(H2,28,29,33)/t18-,21+,22-,23+,26+,41?/m0/s1. The number of fused-ring (bicyclic) bond motifs is 1. The number of aromatic nitrogens is 2. The van der Waals surface area contributed by atoms with Crippen molar-refractivity contribution in [1.29, 1.82) is 0 Å². The number of nitrogens with zero attached hydrogens (tertiary/aromatic N) is 2. The Labute approximate surface area is 237 Å². The average molecular weight is 591 g/mol. The van der Waals surface area contributed by atoms with Crippen LogP contribution in [0.25, 0.3) is 0 Å². The minimum absolute atomic E-state index is 0.0655. The van der Waals surface area contributed by atoms with Crippen LogP contribution in [0.4, 0.5) is 5.82 Å². The van der Waals surface area contributed by atoms with Crippen molar-refractivity contribution in [3.05, 3.63) is 65.7 Å². The number of hydrogen-bond donors (Lipinski definition) is 2. The second-order valence-corrected chi connectivity index (χ2v) is 11.9. The third-order valence-electron chi connectivity index (χ3n) is 7.35. The number of benzene rings is 1. The van der Waals surface area contributed by atoms with Crippen LogP contribution in [0.2, 0.25) is 0 Å². The molecular weight excluding hydrogens is 555 g/mol. The summed E-state index contributed by atoms with van der Waals surface area (Å²) in [5.41, 5.74) is 3.65. The number of carbonyl (C=O) groups is 1. The number of nitrogens with one attached hydrogen (secondary N) is 1. The molecule has 13 nitrogen and oxygen atoms in total. The Morgan fingerprint density at radius 1 is 1.27 bits per heavy atom. The van der Waals surface area contributed by atoms with Gasteiger partial charge in [-0.05, 0) is 44.9 Å². The molecule has 5 rings (SSSR count). The van der Waals surface area contributed by atoms with Crippen molar-refractivity contribution < 1.29 is 37.4 Å². The van der Waals surface area contributed by atoms with Crippen molar-refractivity contribution in [2.24, 2.45) is 0 Å². The van der Waals surface area contributed by atoms with Crippen LogP contribution in [0, 0.1) is 0 Å². The summed E-state index contributed by atoms with van der Waals surface area (Å²) in [7, 11) is -4.23. The quantitative estimate of drug-likeness (QED) is 0.224. The lowest BCUT2D eigenvalue weighted by Gasteiger charge is -2.34. The number of para-hydroxylation sites is 1. The lowest BCUT2D eigenvalue weighted by Crippen LogP contribution is -2.46. The number of ether oxygens (including phenoxy) is 4. The number of hydrogen-bond acceptors (Lipinski definition) is 11. The van der Waals surface area contributed by atoms with E-state index in [0.29, 0.717) is 12.8 Å². The molecule has 0 amide bonds. The summed E-state index contributed by atoms with van der Waals surface area (Å²) in [5.74, 6) is -1.16. The molecule has 1 aliphatic carbocycles. The zero-order valence-corrected chi connectivity index (χ0v) is 23.9. The van der Waals surface area contributed by atoms with Crippen molar-refractivity contribution >= 4 is 19.5 Å². The minimum Gasteiger partial charge on any atom is -0.465 e. The smallest absolute Gasteiger partial charge is 0.459 e. The first-order valence-corrected chi connectivity index (χ1v) is 15.1. The Balaban J connectivity index is 1.45. The molecule has 3 fully saturated rings. The molecule has 222 valence electrons. The van der Waals surface area contributed by atoms with Crippen LogP contribution in [-0.2, 0) is 32.8 Å². The number of nitrogen functional groups attached to an aromatic ring is 1. The van der Waals surface area contributed by atoms with Gasteiger partial charge in [0.1, 0.15) is 35.4 Å². The Morgan fingerprint density at radius 3 is 2.66 bits per heavy atom. The molecule has 2 aromatic rings. The average Bonchev–Trinajstić information content (AvgIpc) is 3.64. The monoisotopic (exact) mass is 590 g/mol. The van der Waals surface area contributed by atoms with Gasteiger partial charge in [-0.1, -0.05) is 24.3 Å². The first-order valence-electron chi connectivity index (χ1n) is 13.6. The highest BCUT2D eigenvalue weighted by molar-refractivity contribution is 7.52. The highest BCUT2D eigenvalue weighted by atomic mass is 31.2. The van der Waals surface area contributed by atoms with Crippen LogP contribution in [0.5, 0.6) is 5.75 Å². The Kier molecular flexibility index (Phi) is 8.38. The highest BCUT2D eigenvalue weighted by Crippen LogP contribution is 2.54. The zero-order valence-electron chi connectivity index (χ0n) is 23.0. The molecule has 1 unspecified atom stereocenters. The largest absolute Gasteiger partial charge is 0.465 e. The molecule has 6 atom stereocenters. The van der Waals surface area contributed by atoms with Gasteiger partial charge in [-0.25, -0.2) is 9.36 Å². The lowest BCUT2D eigenvalue weighted by atomic mass is 9.96. The van der Waals surface area contributed by atoms with Gasteiger partial charge in [-0.2, -0.15) is 10.1 Å². The summed E-state index contributed by atoms with van der Waals surface area (Å²) < 4.78 is 51.5.